The summed E-state index contributed by atoms with van der Waals surface area (Å²) in [5.74, 6) is -2.05. The monoisotopic (exact) mass is 490 g/mol. The van der Waals surface area contributed by atoms with Crippen LogP contribution < -0.4 is 4.74 Å². The van der Waals surface area contributed by atoms with E-state index in [1.165, 1.54) is 36.8 Å². The normalized spacial score (nSPS) is 18.0. The number of allylic oxidation sites excluding steroid dienone is 1. The van der Waals surface area contributed by atoms with Gasteiger partial charge in [-0.25, -0.2) is 17.2 Å². The zero-order chi connectivity index (χ0) is 24.6. The molecule has 1 aliphatic rings. The van der Waals surface area contributed by atoms with Crippen LogP contribution in [0.1, 0.15) is 75.5 Å². The molecule has 0 heterocycles. The summed E-state index contributed by atoms with van der Waals surface area (Å²) in [6.45, 7) is 5.32. The van der Waals surface area contributed by atoms with Crippen LogP contribution >= 0.6 is 0 Å². The van der Waals surface area contributed by atoms with Crippen LogP contribution in [0.25, 0.3) is 0 Å². The van der Waals surface area contributed by atoms with E-state index >= 15 is 0 Å². The highest BCUT2D eigenvalue weighted by molar-refractivity contribution is 7.91. The van der Waals surface area contributed by atoms with Gasteiger partial charge in [-0.3, -0.25) is 0 Å². The number of alkyl halides is 2. The minimum atomic E-state index is -3.53. The Bertz CT molecular complexity index is 1030. The molecule has 0 radical (unpaired) electrons. The van der Waals surface area contributed by atoms with Gasteiger partial charge in [-0.2, -0.15) is 0 Å². The van der Waals surface area contributed by atoms with E-state index in [2.05, 4.69) is 31.7 Å². The van der Waals surface area contributed by atoms with Crippen LogP contribution in [0.2, 0.25) is 0 Å². The maximum absolute atomic E-state index is 13.2. The lowest BCUT2D eigenvalue weighted by molar-refractivity contribution is 0.0437. The number of hydrogen-bond acceptors (Lipinski definition) is 3. The average molecular weight is 491 g/mol. The number of rotatable bonds is 14. The molecule has 3 nitrogen and oxygen atoms in total. The third kappa shape index (κ3) is 7.14. The number of fused-ring (bicyclic) bond motifs is 1. The van der Waals surface area contributed by atoms with Gasteiger partial charge in [0.05, 0.1) is 10.6 Å². The highest BCUT2D eigenvalue weighted by atomic mass is 32.2. The quantitative estimate of drug-likeness (QED) is 0.201. The van der Waals surface area contributed by atoms with Crippen molar-refractivity contribution in [1.29, 1.82) is 0 Å². The minimum absolute atomic E-state index is 0.0354. The molecule has 186 valence electrons. The summed E-state index contributed by atoms with van der Waals surface area (Å²) in [5, 5.41) is 0. The molecule has 2 atom stereocenters. The van der Waals surface area contributed by atoms with Crippen molar-refractivity contribution in [1.82, 2.24) is 0 Å². The summed E-state index contributed by atoms with van der Waals surface area (Å²) in [6.07, 6.45) is 7.48. The van der Waals surface area contributed by atoms with E-state index in [0.717, 1.165) is 12.8 Å². The fraction of sp³-hybridized carbons (Fsp3) is 0.500. The van der Waals surface area contributed by atoms with Gasteiger partial charge in [-0.15, -0.1) is 0 Å². The van der Waals surface area contributed by atoms with Crippen LogP contribution in [0, 0.1) is 5.92 Å². The molecule has 0 bridgehead atoms. The van der Waals surface area contributed by atoms with Crippen LogP contribution in [0.3, 0.4) is 0 Å². The van der Waals surface area contributed by atoms with Gasteiger partial charge >= 0.3 is 0 Å². The summed E-state index contributed by atoms with van der Waals surface area (Å²) < 4.78 is 58.1. The third-order valence-corrected chi connectivity index (χ3v) is 8.43. The molecule has 2 aromatic carbocycles. The van der Waals surface area contributed by atoms with Gasteiger partial charge in [0.2, 0.25) is 0 Å². The molecule has 0 N–H and O–H groups in total. The number of sulfone groups is 1. The molecule has 6 heteroatoms. The van der Waals surface area contributed by atoms with Crippen molar-refractivity contribution in [3.05, 3.63) is 72.3 Å². The smallest absolute Gasteiger partial charge is 0.266 e. The third-order valence-electron chi connectivity index (χ3n) is 6.62. The van der Waals surface area contributed by atoms with E-state index < -0.39 is 15.8 Å². The molecule has 34 heavy (non-hydrogen) atoms. The lowest BCUT2D eigenvalue weighted by Gasteiger charge is -2.22. The number of benzene rings is 2. The fourth-order valence-electron chi connectivity index (χ4n) is 4.63. The fourth-order valence-corrected chi connectivity index (χ4v) is 6.00. The first-order valence-corrected chi connectivity index (χ1v) is 14.0. The predicted octanol–water partition coefficient (Wildman–Crippen LogP) is 7.71. The number of ether oxygens (including phenoxy) is 1. The average Bonchev–Trinajstić information content (AvgIpc) is 3.17. The van der Waals surface area contributed by atoms with Crippen molar-refractivity contribution in [3.63, 3.8) is 0 Å². The molecular weight excluding hydrogens is 454 g/mol. The SMILES string of the molecule is C=CC(F)(F)CCCCS(=O)(=O)c1ccc(O[C@@H]2c3ccccc3C[C@H]2CCCCCC)cc1. The lowest BCUT2D eigenvalue weighted by Crippen LogP contribution is -2.15. The minimum Gasteiger partial charge on any atom is -0.485 e. The summed E-state index contributed by atoms with van der Waals surface area (Å²) >= 11 is 0. The van der Waals surface area contributed by atoms with Crippen molar-refractivity contribution in [2.75, 3.05) is 5.75 Å². The van der Waals surface area contributed by atoms with E-state index in [1.807, 2.05) is 6.07 Å². The molecule has 0 saturated heterocycles. The Kier molecular flexibility index (Phi) is 9.29. The number of unbranched alkanes of at least 4 members (excludes halogenated alkanes) is 4. The molecule has 0 aromatic heterocycles. The van der Waals surface area contributed by atoms with Crippen LogP contribution in [0.15, 0.2) is 66.1 Å². The largest absolute Gasteiger partial charge is 0.485 e. The van der Waals surface area contributed by atoms with Gasteiger partial charge in [-0.05, 0) is 67.2 Å². The summed E-state index contributed by atoms with van der Waals surface area (Å²) in [4.78, 5) is 0.193. The Labute approximate surface area is 203 Å². The second kappa shape index (κ2) is 12.0. The van der Waals surface area contributed by atoms with E-state index in [1.54, 1.807) is 24.3 Å². The summed E-state index contributed by atoms with van der Waals surface area (Å²) in [7, 11) is -3.53. The molecule has 2 aromatic rings. The van der Waals surface area contributed by atoms with E-state index in [-0.39, 0.29) is 36.0 Å². The van der Waals surface area contributed by atoms with Gasteiger partial charge in [-0.1, -0.05) is 63.5 Å². The highest BCUT2D eigenvalue weighted by Crippen LogP contribution is 2.42. The molecule has 0 amide bonds. The second-order valence-electron chi connectivity index (χ2n) is 9.26. The maximum atomic E-state index is 13.2. The van der Waals surface area contributed by atoms with Crippen LogP contribution in [-0.4, -0.2) is 20.1 Å². The molecule has 0 unspecified atom stereocenters. The lowest BCUT2D eigenvalue weighted by atomic mass is 9.95. The zero-order valence-corrected chi connectivity index (χ0v) is 20.8. The van der Waals surface area contributed by atoms with E-state index in [0.29, 0.717) is 17.7 Å². The predicted molar refractivity (Wildman–Crippen MR) is 133 cm³/mol. The van der Waals surface area contributed by atoms with Crippen molar-refractivity contribution >= 4 is 9.84 Å². The Balaban J connectivity index is 1.62. The summed E-state index contributed by atoms with van der Waals surface area (Å²) in [6, 6.07) is 14.9. The van der Waals surface area contributed by atoms with Crippen molar-refractivity contribution in [3.8, 4) is 5.75 Å². The van der Waals surface area contributed by atoms with Crippen LogP contribution in [0.4, 0.5) is 8.78 Å². The second-order valence-corrected chi connectivity index (χ2v) is 11.4. The number of hydrogen-bond donors (Lipinski definition) is 0. The van der Waals surface area contributed by atoms with Crippen molar-refractivity contribution < 1.29 is 21.9 Å². The first kappa shape index (κ1) is 26.4. The zero-order valence-electron chi connectivity index (χ0n) is 20.0. The van der Waals surface area contributed by atoms with Gasteiger partial charge < -0.3 is 4.74 Å². The number of halogens is 2. The van der Waals surface area contributed by atoms with Crippen molar-refractivity contribution in [2.45, 2.75) is 81.6 Å². The van der Waals surface area contributed by atoms with Crippen LogP contribution in [0.5, 0.6) is 5.75 Å². The van der Waals surface area contributed by atoms with Crippen molar-refractivity contribution in [2.24, 2.45) is 5.92 Å². The van der Waals surface area contributed by atoms with E-state index in [4.69, 9.17) is 4.74 Å². The van der Waals surface area contributed by atoms with Gasteiger partial charge in [0, 0.05) is 12.3 Å². The van der Waals surface area contributed by atoms with Gasteiger partial charge in [0.15, 0.2) is 9.84 Å². The molecule has 1 aliphatic carbocycles. The van der Waals surface area contributed by atoms with E-state index in [9.17, 15) is 17.2 Å². The first-order valence-electron chi connectivity index (χ1n) is 12.3. The maximum Gasteiger partial charge on any atom is 0.266 e. The molecular formula is C28H36F2O3S. The standard InChI is InChI=1S/C28H36F2O3S/c1-3-5-6-7-13-23-21-22-12-8-9-14-26(22)27(23)33-24-15-17-25(18-16-24)34(31,32)20-11-10-19-28(29,30)4-2/h4,8-9,12,14-18,23,27H,2-3,5-7,10-11,13,19-21H2,1H3/t23-,27+/m1/s1. The Morgan fingerprint density at radius 1 is 1.03 bits per heavy atom. The molecule has 0 aliphatic heterocycles. The highest BCUT2D eigenvalue weighted by Gasteiger charge is 2.33. The van der Waals surface area contributed by atoms with Gasteiger partial charge in [0.1, 0.15) is 11.9 Å². The molecule has 0 spiro atoms. The molecule has 0 fully saturated rings. The molecule has 3 rings (SSSR count). The van der Waals surface area contributed by atoms with Gasteiger partial charge in [0.25, 0.3) is 5.92 Å². The Morgan fingerprint density at radius 2 is 1.76 bits per heavy atom. The Morgan fingerprint density at radius 3 is 2.47 bits per heavy atom. The molecule has 0 saturated carbocycles. The summed E-state index contributed by atoms with van der Waals surface area (Å²) in [5.41, 5.74) is 2.55. The Hall–Kier alpha value is -2.21. The first-order chi connectivity index (χ1) is 16.3. The topological polar surface area (TPSA) is 43.4 Å². The van der Waals surface area contributed by atoms with Crippen LogP contribution in [-0.2, 0) is 16.3 Å².